The van der Waals surface area contributed by atoms with Crippen LogP contribution in [0.3, 0.4) is 0 Å². The molecule has 182 valence electrons. The van der Waals surface area contributed by atoms with Crippen molar-refractivity contribution >= 4 is 47.1 Å². The van der Waals surface area contributed by atoms with E-state index in [9.17, 15) is 24.3 Å². The van der Waals surface area contributed by atoms with Gasteiger partial charge in [-0.15, -0.1) is 23.4 Å². The zero-order chi connectivity index (χ0) is 25.2. The molecule has 0 bridgehead atoms. The third-order valence-electron chi connectivity index (χ3n) is 5.52. The van der Waals surface area contributed by atoms with E-state index in [1.165, 1.54) is 43.1 Å². The van der Waals surface area contributed by atoms with E-state index in [0.29, 0.717) is 17.9 Å². The number of hydrogen-bond acceptors (Lipinski definition) is 7. The maximum absolute atomic E-state index is 13.3. The molecule has 1 unspecified atom stereocenters. The van der Waals surface area contributed by atoms with Crippen LogP contribution in [0.15, 0.2) is 66.1 Å². The van der Waals surface area contributed by atoms with Gasteiger partial charge in [-0.05, 0) is 18.2 Å². The lowest BCUT2D eigenvalue weighted by Crippen LogP contribution is -2.80. The number of aromatic nitrogens is 1. The Kier molecular flexibility index (Phi) is 7.10. The van der Waals surface area contributed by atoms with Crippen LogP contribution < -0.4 is 14.6 Å². The maximum atomic E-state index is 13.3. The molecule has 12 heteroatoms. The number of fused-ring (bicyclic) bond motifs is 1. The number of hydrogen-bond donors (Lipinski definition) is 2. The average molecular weight is 519 g/mol. The first kappa shape index (κ1) is 24.7. The normalized spacial score (nSPS) is 21.1. The summed E-state index contributed by atoms with van der Waals surface area (Å²) in [5.74, 6) is -3.18. The minimum atomic E-state index is -1.75. The van der Waals surface area contributed by atoms with Crippen LogP contribution in [0.5, 0.6) is 5.75 Å². The highest BCUT2D eigenvalue weighted by molar-refractivity contribution is 8.00. The Morgan fingerprint density at radius 1 is 1.26 bits per heavy atom. The van der Waals surface area contributed by atoms with Crippen LogP contribution in [-0.4, -0.2) is 63.6 Å². The van der Waals surface area contributed by atoms with Crippen molar-refractivity contribution in [2.45, 2.75) is 17.6 Å². The lowest BCUT2D eigenvalue weighted by molar-refractivity contribution is -0.689. The quantitative estimate of drug-likeness (QED) is 0.133. The van der Waals surface area contributed by atoms with Gasteiger partial charge < -0.3 is 19.9 Å². The van der Waals surface area contributed by atoms with Crippen molar-refractivity contribution < 1.29 is 38.3 Å². The van der Waals surface area contributed by atoms with Gasteiger partial charge in [0.2, 0.25) is 0 Å². The van der Waals surface area contributed by atoms with Crippen LogP contribution in [0.25, 0.3) is 0 Å². The summed E-state index contributed by atoms with van der Waals surface area (Å²) in [5.41, 5.74) is -1.19. The first-order chi connectivity index (χ1) is 16.8. The van der Waals surface area contributed by atoms with Gasteiger partial charge in [-0.3, -0.25) is 19.3 Å². The molecule has 2 aliphatic heterocycles. The molecule has 2 aromatic rings. The van der Waals surface area contributed by atoms with E-state index in [1.54, 1.807) is 12.4 Å². The number of β-lactam (4-membered cyclic amide) rings is 1. The molecule has 0 aliphatic carbocycles. The molecule has 2 aliphatic rings. The summed E-state index contributed by atoms with van der Waals surface area (Å²) in [6.07, 6.45) is 3.61. The van der Waals surface area contributed by atoms with E-state index < -0.39 is 34.9 Å². The van der Waals surface area contributed by atoms with Crippen molar-refractivity contribution in [2.24, 2.45) is 0 Å². The Balaban J connectivity index is 1.57. The number of esters is 1. The molecule has 2 N–H and O–H groups in total. The molecule has 0 spiro atoms. The number of carbonyl (C=O) groups is 4. The lowest BCUT2D eigenvalue weighted by atomic mass is 9.97. The molecule has 0 radical (unpaired) electrons. The number of thioether (sulfide) groups is 1. The summed E-state index contributed by atoms with van der Waals surface area (Å²) in [7, 11) is 1.27. The number of ether oxygens (including phenoxy) is 2. The smallest absolute Gasteiger partial charge is 0.352 e. The second kappa shape index (κ2) is 10.1. The van der Waals surface area contributed by atoms with Gasteiger partial charge in [-0.2, -0.15) is 0 Å². The topological polar surface area (TPSA) is 126 Å². The molecule has 2 amide bonds. The minimum absolute atomic E-state index is 0.113. The molecule has 4 rings (SSSR count). The third kappa shape index (κ3) is 4.62. The van der Waals surface area contributed by atoms with E-state index in [2.05, 4.69) is 5.32 Å². The average Bonchev–Trinajstić information content (AvgIpc) is 2.87. The second-order valence-electron chi connectivity index (χ2n) is 7.67. The van der Waals surface area contributed by atoms with Crippen molar-refractivity contribution in [3.05, 3.63) is 71.7 Å². The van der Waals surface area contributed by atoms with Crippen molar-refractivity contribution in [3.8, 4) is 5.75 Å². The highest BCUT2D eigenvalue weighted by Gasteiger charge is 2.66. The van der Waals surface area contributed by atoms with Crippen molar-refractivity contribution in [2.75, 3.05) is 18.7 Å². The largest absolute Gasteiger partial charge is 0.477 e. The molecular weight excluding hydrogens is 498 g/mol. The number of pyridine rings is 1. The fourth-order valence-electron chi connectivity index (χ4n) is 3.93. The highest BCUT2D eigenvalue weighted by Crippen LogP contribution is 2.46. The summed E-state index contributed by atoms with van der Waals surface area (Å²) in [4.78, 5) is 51.0. The number of nitrogens with one attached hydrogen (secondary N) is 1. The number of rotatable bonds is 8. The van der Waals surface area contributed by atoms with Crippen LogP contribution >= 0.6 is 23.4 Å². The fraction of sp³-hybridized carbons (Fsp3) is 0.261. The number of alkyl halides is 1. The van der Waals surface area contributed by atoms with E-state index >= 15 is 0 Å². The van der Waals surface area contributed by atoms with Crippen molar-refractivity contribution in [1.82, 2.24) is 10.2 Å². The maximum Gasteiger partial charge on any atom is 0.352 e. The standard InChI is InChI=1S/C23H20ClN3O7S/c1-33-23(25-19(29)14-6-5-7-16(10-14)34-17(28)11-24)21(32)27-18(20(30)31)15(13-35-22(23)27)12-26-8-3-2-4-9-26/h2-10,22H,11-13H2,1H3,(H-,25,29,30,31)/p+1/t22-,23?/m0/s1. The van der Waals surface area contributed by atoms with Crippen LogP contribution in [0.4, 0.5) is 0 Å². The third-order valence-corrected chi connectivity index (χ3v) is 7.11. The molecular formula is C23H21ClN3O7S+. The molecule has 10 nitrogen and oxygen atoms in total. The SMILES string of the molecule is COC1(NC(=O)c2cccc(OC(=O)CCl)c2)C(=O)N2C(C(=O)O)=C(C[n+]3ccccc3)CS[C@H]21. The van der Waals surface area contributed by atoms with Crippen molar-refractivity contribution in [1.29, 1.82) is 0 Å². The molecule has 1 saturated heterocycles. The van der Waals surface area contributed by atoms with Gasteiger partial charge in [0.1, 0.15) is 22.7 Å². The Labute approximate surface area is 209 Å². The number of carboxylic acid groups (broad SMARTS) is 1. The molecule has 35 heavy (non-hydrogen) atoms. The number of carboxylic acids is 1. The van der Waals surface area contributed by atoms with Gasteiger partial charge in [-0.1, -0.05) is 12.1 Å². The van der Waals surface area contributed by atoms with Crippen LogP contribution in [0.1, 0.15) is 10.4 Å². The molecule has 3 heterocycles. The second-order valence-corrected chi connectivity index (χ2v) is 9.01. The predicted octanol–water partition coefficient (Wildman–Crippen LogP) is 1.14. The van der Waals surface area contributed by atoms with E-state index in [0.717, 1.165) is 4.90 Å². The molecule has 1 fully saturated rings. The first-order valence-electron chi connectivity index (χ1n) is 10.4. The van der Waals surface area contributed by atoms with E-state index in [-0.39, 0.29) is 22.9 Å². The molecule has 2 atom stereocenters. The van der Waals surface area contributed by atoms with Gasteiger partial charge in [-0.25, -0.2) is 9.36 Å². The zero-order valence-electron chi connectivity index (χ0n) is 18.5. The number of halogens is 1. The number of benzene rings is 1. The summed E-state index contributed by atoms with van der Waals surface area (Å²) in [5, 5.41) is 11.7. The monoisotopic (exact) mass is 518 g/mol. The van der Waals surface area contributed by atoms with Gasteiger partial charge in [0, 0.05) is 36.1 Å². The number of carbonyl (C=O) groups excluding carboxylic acids is 3. The summed E-state index contributed by atoms with van der Waals surface area (Å²) < 4.78 is 12.3. The summed E-state index contributed by atoms with van der Waals surface area (Å²) >= 11 is 6.74. The number of amides is 2. The number of aliphatic carboxylic acids is 1. The Bertz CT molecular complexity index is 1220. The Morgan fingerprint density at radius 2 is 2.00 bits per heavy atom. The van der Waals surface area contributed by atoms with E-state index in [1.807, 2.05) is 22.8 Å². The first-order valence-corrected chi connectivity index (χ1v) is 12.0. The Hall–Kier alpha value is -3.41. The Morgan fingerprint density at radius 3 is 2.66 bits per heavy atom. The predicted molar refractivity (Wildman–Crippen MR) is 124 cm³/mol. The van der Waals surface area contributed by atoms with Crippen molar-refractivity contribution in [3.63, 3.8) is 0 Å². The van der Waals surface area contributed by atoms with Gasteiger partial charge >= 0.3 is 11.9 Å². The van der Waals surface area contributed by atoms with Gasteiger partial charge in [0.25, 0.3) is 17.5 Å². The molecule has 1 aromatic carbocycles. The minimum Gasteiger partial charge on any atom is -0.477 e. The lowest BCUT2D eigenvalue weighted by Gasteiger charge is -2.55. The number of methoxy groups -OCH3 is 1. The summed E-state index contributed by atoms with van der Waals surface area (Å²) in [6.45, 7) is 0.298. The van der Waals surface area contributed by atoms with Crippen LogP contribution in [-0.2, 0) is 25.7 Å². The van der Waals surface area contributed by atoms with E-state index in [4.69, 9.17) is 21.1 Å². The van der Waals surface area contributed by atoms with Gasteiger partial charge in [0.05, 0.1) is 0 Å². The van der Waals surface area contributed by atoms with Gasteiger partial charge in [0.15, 0.2) is 18.9 Å². The number of nitrogens with zero attached hydrogens (tertiary/aromatic N) is 2. The zero-order valence-corrected chi connectivity index (χ0v) is 20.0. The van der Waals surface area contributed by atoms with Crippen LogP contribution in [0.2, 0.25) is 0 Å². The molecule has 0 saturated carbocycles. The molecule has 1 aromatic heterocycles. The highest BCUT2D eigenvalue weighted by atomic mass is 35.5. The van der Waals surface area contributed by atoms with Crippen LogP contribution in [0, 0.1) is 0 Å². The summed E-state index contributed by atoms with van der Waals surface area (Å²) in [6, 6.07) is 11.3. The fourth-order valence-corrected chi connectivity index (χ4v) is 5.41.